The molecule has 0 radical (unpaired) electrons. The number of aromatic nitrogens is 2. The highest BCUT2D eigenvalue weighted by atomic mass is 16.6. The minimum absolute atomic E-state index is 0.0199. The highest BCUT2D eigenvalue weighted by Crippen LogP contribution is 2.20. The van der Waals surface area contributed by atoms with Crippen molar-refractivity contribution >= 4 is 17.3 Å². The number of aryl methyl sites for hydroxylation is 2. The van der Waals surface area contributed by atoms with E-state index < -0.39 is 4.92 Å². The number of anilines is 1. The number of carbonyl (C=O) groups excluding carboxylic acids is 1. The summed E-state index contributed by atoms with van der Waals surface area (Å²) >= 11 is 0. The van der Waals surface area contributed by atoms with Crippen molar-refractivity contribution in [2.45, 2.75) is 27.0 Å². The van der Waals surface area contributed by atoms with Crippen LogP contribution in [0.1, 0.15) is 28.4 Å². The van der Waals surface area contributed by atoms with Crippen molar-refractivity contribution in [1.82, 2.24) is 9.78 Å². The first-order valence-corrected chi connectivity index (χ1v) is 8.77. The Morgan fingerprint density at radius 2 is 2.00 bits per heavy atom. The number of hydrogen-bond acceptors (Lipinski definition) is 5. The molecule has 28 heavy (non-hydrogen) atoms. The van der Waals surface area contributed by atoms with E-state index in [4.69, 9.17) is 4.74 Å². The minimum Gasteiger partial charge on any atom is -0.471 e. The Balaban J connectivity index is 1.59. The van der Waals surface area contributed by atoms with Crippen molar-refractivity contribution in [3.63, 3.8) is 0 Å². The van der Waals surface area contributed by atoms with Gasteiger partial charge in [-0.3, -0.25) is 14.9 Å². The highest BCUT2D eigenvalue weighted by Gasteiger charge is 2.14. The molecule has 0 bridgehead atoms. The van der Waals surface area contributed by atoms with Gasteiger partial charge in [-0.25, -0.2) is 4.68 Å². The van der Waals surface area contributed by atoms with Gasteiger partial charge in [0.1, 0.15) is 5.75 Å². The summed E-state index contributed by atoms with van der Waals surface area (Å²) in [5, 5.41) is 17.7. The largest absolute Gasteiger partial charge is 0.471 e. The van der Waals surface area contributed by atoms with Gasteiger partial charge in [-0.2, -0.15) is 5.10 Å². The molecule has 8 heteroatoms. The van der Waals surface area contributed by atoms with Crippen LogP contribution in [0.2, 0.25) is 0 Å². The standard InChI is InChI=1S/C20H20N4O4/c1-3-15-4-7-18(8-5-15)28-13-23-12-17(11-21-23)22-20(25)16-6-9-19(24(26)27)14(2)10-16/h4-12H,3,13H2,1-2H3,(H,22,25). The summed E-state index contributed by atoms with van der Waals surface area (Å²) in [6.07, 6.45) is 4.13. The fourth-order valence-electron chi connectivity index (χ4n) is 2.67. The smallest absolute Gasteiger partial charge is 0.272 e. The number of benzene rings is 2. The number of nitro benzene ring substituents is 1. The number of nitrogens with zero attached hydrogens (tertiary/aromatic N) is 3. The van der Waals surface area contributed by atoms with Crippen molar-refractivity contribution in [2.24, 2.45) is 0 Å². The van der Waals surface area contributed by atoms with Gasteiger partial charge < -0.3 is 10.1 Å². The maximum atomic E-state index is 12.3. The molecule has 0 aliphatic rings. The fraction of sp³-hybridized carbons (Fsp3) is 0.200. The first-order chi connectivity index (χ1) is 13.5. The van der Waals surface area contributed by atoms with Crippen LogP contribution in [0.25, 0.3) is 0 Å². The van der Waals surface area contributed by atoms with Crippen LogP contribution < -0.4 is 10.1 Å². The first-order valence-electron chi connectivity index (χ1n) is 8.77. The first kappa shape index (κ1) is 19.1. The zero-order valence-electron chi connectivity index (χ0n) is 15.6. The maximum Gasteiger partial charge on any atom is 0.272 e. The van der Waals surface area contributed by atoms with Gasteiger partial charge >= 0.3 is 0 Å². The van der Waals surface area contributed by atoms with Crippen LogP contribution in [-0.4, -0.2) is 20.6 Å². The van der Waals surface area contributed by atoms with Crippen LogP contribution in [0.4, 0.5) is 11.4 Å². The molecule has 0 saturated heterocycles. The van der Waals surface area contributed by atoms with E-state index >= 15 is 0 Å². The van der Waals surface area contributed by atoms with Crippen LogP contribution in [0.3, 0.4) is 0 Å². The molecular weight excluding hydrogens is 360 g/mol. The molecule has 1 N–H and O–H groups in total. The van der Waals surface area contributed by atoms with Crippen molar-refractivity contribution < 1.29 is 14.5 Å². The third kappa shape index (κ3) is 4.53. The number of amides is 1. The molecule has 0 atom stereocenters. The highest BCUT2D eigenvalue weighted by molar-refractivity contribution is 6.04. The average Bonchev–Trinajstić information content (AvgIpc) is 3.13. The second kappa shape index (κ2) is 8.34. The van der Waals surface area contributed by atoms with Crippen LogP contribution in [-0.2, 0) is 13.2 Å². The molecule has 0 saturated carbocycles. The molecule has 2 aromatic carbocycles. The zero-order valence-corrected chi connectivity index (χ0v) is 15.6. The average molecular weight is 380 g/mol. The Hall–Kier alpha value is -3.68. The molecule has 0 aliphatic heterocycles. The van der Waals surface area contributed by atoms with Crippen LogP contribution in [0.5, 0.6) is 5.75 Å². The molecule has 144 valence electrons. The van der Waals surface area contributed by atoms with Gasteiger partial charge in [0.05, 0.1) is 23.0 Å². The van der Waals surface area contributed by atoms with Gasteiger partial charge in [0.15, 0.2) is 6.73 Å². The van der Waals surface area contributed by atoms with Gasteiger partial charge in [-0.1, -0.05) is 19.1 Å². The van der Waals surface area contributed by atoms with Gasteiger partial charge in [0.2, 0.25) is 0 Å². The third-order valence-corrected chi connectivity index (χ3v) is 4.24. The Morgan fingerprint density at radius 1 is 1.25 bits per heavy atom. The van der Waals surface area contributed by atoms with Crippen molar-refractivity contribution in [1.29, 1.82) is 0 Å². The van der Waals surface area contributed by atoms with Crippen molar-refractivity contribution in [3.05, 3.63) is 81.7 Å². The number of hydrogen-bond donors (Lipinski definition) is 1. The SMILES string of the molecule is CCc1ccc(OCn2cc(NC(=O)c3ccc([N+](=O)[O-])c(C)c3)cn2)cc1. The van der Waals surface area contributed by atoms with E-state index in [0.717, 1.165) is 12.2 Å². The lowest BCUT2D eigenvalue weighted by molar-refractivity contribution is -0.385. The summed E-state index contributed by atoms with van der Waals surface area (Å²) in [7, 11) is 0. The lowest BCUT2D eigenvalue weighted by Crippen LogP contribution is -2.12. The van der Waals surface area contributed by atoms with E-state index in [-0.39, 0.29) is 18.3 Å². The molecule has 0 unspecified atom stereocenters. The molecule has 8 nitrogen and oxygen atoms in total. The number of nitrogens with one attached hydrogen (secondary N) is 1. The van der Waals surface area contributed by atoms with Gasteiger partial charge in [-0.15, -0.1) is 0 Å². The van der Waals surface area contributed by atoms with E-state index in [1.165, 1.54) is 30.0 Å². The summed E-state index contributed by atoms with van der Waals surface area (Å²) < 4.78 is 7.23. The Kier molecular flexibility index (Phi) is 5.69. The van der Waals surface area contributed by atoms with Crippen molar-refractivity contribution in [2.75, 3.05) is 5.32 Å². The van der Waals surface area contributed by atoms with Gasteiger partial charge in [0, 0.05) is 17.2 Å². The molecule has 0 spiro atoms. The normalized spacial score (nSPS) is 10.5. The Labute approximate surface area is 161 Å². The Bertz CT molecular complexity index is 996. The van der Waals surface area contributed by atoms with Gasteiger partial charge in [-0.05, 0) is 43.2 Å². The summed E-state index contributed by atoms with van der Waals surface area (Å²) in [6, 6.07) is 12.1. The lowest BCUT2D eigenvalue weighted by atomic mass is 10.1. The van der Waals surface area contributed by atoms with Gasteiger partial charge in [0.25, 0.3) is 11.6 Å². The number of rotatable bonds is 7. The molecule has 3 aromatic rings. The zero-order chi connectivity index (χ0) is 20.1. The number of carbonyl (C=O) groups is 1. The summed E-state index contributed by atoms with van der Waals surface area (Å²) in [5.41, 5.74) is 2.48. The maximum absolute atomic E-state index is 12.3. The minimum atomic E-state index is -0.475. The van der Waals surface area contributed by atoms with E-state index in [0.29, 0.717) is 16.8 Å². The third-order valence-electron chi connectivity index (χ3n) is 4.24. The second-order valence-corrected chi connectivity index (χ2v) is 6.25. The van der Waals surface area contributed by atoms with Crippen LogP contribution in [0, 0.1) is 17.0 Å². The molecule has 0 fully saturated rings. The topological polar surface area (TPSA) is 99.3 Å². The van der Waals surface area contributed by atoms with E-state index in [1.54, 1.807) is 17.8 Å². The van der Waals surface area contributed by atoms with E-state index in [2.05, 4.69) is 17.3 Å². The molecule has 3 rings (SSSR count). The molecule has 0 aliphatic carbocycles. The van der Waals surface area contributed by atoms with Crippen LogP contribution >= 0.6 is 0 Å². The molecule has 1 aromatic heterocycles. The predicted molar refractivity (Wildman–Crippen MR) is 104 cm³/mol. The van der Waals surface area contributed by atoms with E-state index in [1.807, 2.05) is 24.3 Å². The molecule has 1 heterocycles. The quantitative estimate of drug-likeness (QED) is 0.494. The van der Waals surface area contributed by atoms with Crippen molar-refractivity contribution in [3.8, 4) is 5.75 Å². The summed E-state index contributed by atoms with van der Waals surface area (Å²) in [5.74, 6) is 0.369. The van der Waals surface area contributed by atoms with E-state index in [9.17, 15) is 14.9 Å². The Morgan fingerprint density at radius 3 is 2.64 bits per heavy atom. The van der Waals surface area contributed by atoms with Crippen LogP contribution in [0.15, 0.2) is 54.9 Å². The monoisotopic (exact) mass is 380 g/mol. The molecule has 1 amide bonds. The fourth-order valence-corrected chi connectivity index (χ4v) is 2.67. The summed E-state index contributed by atoms with van der Waals surface area (Å²) in [4.78, 5) is 22.7. The predicted octanol–water partition coefficient (Wildman–Crippen LogP) is 3.95. The molecular formula is C20H20N4O4. The number of nitro groups is 1. The number of ether oxygens (including phenoxy) is 1. The lowest BCUT2D eigenvalue weighted by Gasteiger charge is -2.07. The second-order valence-electron chi connectivity index (χ2n) is 6.25. The summed E-state index contributed by atoms with van der Waals surface area (Å²) in [6.45, 7) is 3.89.